The summed E-state index contributed by atoms with van der Waals surface area (Å²) in [5, 5.41) is 10.3. The van der Waals surface area contributed by atoms with Crippen molar-refractivity contribution in [2.45, 2.75) is 12.7 Å². The van der Waals surface area contributed by atoms with E-state index in [0.717, 1.165) is 0 Å². The molecule has 25 heavy (non-hydrogen) atoms. The number of benzene rings is 1. The molecule has 1 amide bonds. The van der Waals surface area contributed by atoms with Gasteiger partial charge in [-0.15, -0.1) is 10.2 Å². The molecule has 0 unspecified atom stereocenters. The minimum absolute atomic E-state index is 0.0926. The van der Waals surface area contributed by atoms with Crippen molar-refractivity contribution in [2.24, 2.45) is 0 Å². The molecule has 0 aliphatic heterocycles. The fraction of sp³-hybridized carbons (Fsp3) is 0.188. The van der Waals surface area contributed by atoms with Gasteiger partial charge in [0, 0.05) is 12.7 Å². The summed E-state index contributed by atoms with van der Waals surface area (Å²) in [6.45, 7) is -1.20. The van der Waals surface area contributed by atoms with E-state index >= 15 is 0 Å². The van der Waals surface area contributed by atoms with Crippen LogP contribution in [0.2, 0.25) is 0 Å². The van der Waals surface area contributed by atoms with Crippen molar-refractivity contribution < 1.29 is 22.7 Å². The van der Waals surface area contributed by atoms with Gasteiger partial charge in [0.2, 0.25) is 0 Å². The third-order valence-corrected chi connectivity index (χ3v) is 3.31. The van der Waals surface area contributed by atoms with Gasteiger partial charge in [-0.25, -0.2) is 0 Å². The first-order valence-electron chi connectivity index (χ1n) is 7.27. The van der Waals surface area contributed by atoms with Gasteiger partial charge in [-0.05, 0) is 29.8 Å². The maximum atomic E-state index is 12.2. The molecule has 0 aliphatic carbocycles. The molecule has 0 saturated carbocycles. The van der Waals surface area contributed by atoms with Crippen LogP contribution in [0.5, 0.6) is 5.75 Å². The summed E-state index contributed by atoms with van der Waals surface area (Å²) in [6.07, 6.45) is -1.33. The molecule has 0 radical (unpaired) electrons. The first-order valence-corrected chi connectivity index (χ1v) is 7.27. The molecule has 0 aliphatic rings. The van der Waals surface area contributed by atoms with E-state index < -0.39 is 12.8 Å². The second-order valence-electron chi connectivity index (χ2n) is 5.25. The molecule has 9 heteroatoms. The minimum atomic E-state index is -4.40. The van der Waals surface area contributed by atoms with Crippen molar-refractivity contribution in [3.05, 3.63) is 60.0 Å². The van der Waals surface area contributed by atoms with Gasteiger partial charge >= 0.3 is 6.18 Å². The van der Waals surface area contributed by atoms with E-state index in [1.54, 1.807) is 34.9 Å². The Hall–Kier alpha value is -3.10. The fourth-order valence-electron chi connectivity index (χ4n) is 2.16. The lowest BCUT2D eigenvalue weighted by atomic mass is 10.2. The number of alkyl halides is 3. The molecular weight excluding hydrogens is 337 g/mol. The van der Waals surface area contributed by atoms with Gasteiger partial charge in [0.05, 0.1) is 5.56 Å². The van der Waals surface area contributed by atoms with E-state index in [1.165, 1.54) is 18.5 Å². The lowest BCUT2D eigenvalue weighted by molar-refractivity contribution is -0.153. The molecule has 2 heterocycles. The van der Waals surface area contributed by atoms with Crippen LogP contribution >= 0.6 is 0 Å². The molecule has 130 valence electrons. The highest BCUT2D eigenvalue weighted by Gasteiger charge is 2.28. The number of hydrogen-bond donors (Lipinski definition) is 1. The number of nitrogens with zero attached hydrogens (tertiary/aromatic N) is 3. The van der Waals surface area contributed by atoms with Gasteiger partial charge in [0.1, 0.15) is 12.1 Å². The third kappa shape index (κ3) is 4.46. The van der Waals surface area contributed by atoms with Crippen molar-refractivity contribution in [1.82, 2.24) is 19.9 Å². The lowest BCUT2D eigenvalue weighted by Crippen LogP contribution is -2.23. The SMILES string of the molecule is O=C(NCc1cccc(OCC(F)(F)F)c1)c1ccc2nncn2c1. The van der Waals surface area contributed by atoms with Crippen LogP contribution in [0.1, 0.15) is 15.9 Å². The third-order valence-electron chi connectivity index (χ3n) is 3.31. The molecule has 3 rings (SSSR count). The van der Waals surface area contributed by atoms with E-state index in [9.17, 15) is 18.0 Å². The standard InChI is InChI=1S/C16H13F3N4O2/c17-16(18,19)9-25-13-3-1-2-11(6-13)7-20-15(24)12-4-5-14-22-21-10-23(14)8-12/h1-6,8,10H,7,9H2,(H,20,24). The Balaban J connectivity index is 1.61. The van der Waals surface area contributed by atoms with E-state index in [2.05, 4.69) is 20.3 Å². The van der Waals surface area contributed by atoms with E-state index in [4.69, 9.17) is 0 Å². The Labute approximate surface area is 140 Å². The van der Waals surface area contributed by atoms with Gasteiger partial charge < -0.3 is 10.1 Å². The predicted molar refractivity (Wildman–Crippen MR) is 82.1 cm³/mol. The number of rotatable bonds is 5. The number of fused-ring (bicyclic) bond motifs is 1. The average Bonchev–Trinajstić information content (AvgIpc) is 3.05. The van der Waals surface area contributed by atoms with Crippen LogP contribution in [0.15, 0.2) is 48.9 Å². The smallest absolute Gasteiger partial charge is 0.422 e. The average molecular weight is 350 g/mol. The maximum absolute atomic E-state index is 12.2. The summed E-state index contributed by atoms with van der Waals surface area (Å²) >= 11 is 0. The highest BCUT2D eigenvalue weighted by atomic mass is 19.4. The molecule has 0 saturated heterocycles. The number of halogens is 3. The van der Waals surface area contributed by atoms with Crippen molar-refractivity contribution >= 4 is 11.6 Å². The summed E-state index contributed by atoms with van der Waals surface area (Å²) in [5.74, 6) is -0.229. The Kier molecular flexibility index (Phi) is 4.55. The monoisotopic (exact) mass is 350 g/mol. The van der Waals surface area contributed by atoms with Crippen molar-refractivity contribution in [1.29, 1.82) is 0 Å². The molecule has 2 aromatic heterocycles. The van der Waals surface area contributed by atoms with Gasteiger partial charge in [-0.3, -0.25) is 9.20 Å². The van der Waals surface area contributed by atoms with Gasteiger partial charge in [0.25, 0.3) is 5.91 Å². The zero-order valence-electron chi connectivity index (χ0n) is 12.8. The van der Waals surface area contributed by atoms with Crippen LogP contribution in [0, 0.1) is 0 Å². The molecule has 1 aromatic carbocycles. The number of ether oxygens (including phenoxy) is 1. The van der Waals surface area contributed by atoms with Crippen LogP contribution in [0.3, 0.4) is 0 Å². The van der Waals surface area contributed by atoms with Crippen LogP contribution in [-0.2, 0) is 6.54 Å². The number of nitrogens with one attached hydrogen (secondary N) is 1. The van der Waals surface area contributed by atoms with E-state index in [1.807, 2.05) is 0 Å². The highest BCUT2D eigenvalue weighted by molar-refractivity contribution is 5.94. The molecule has 0 spiro atoms. The van der Waals surface area contributed by atoms with E-state index in [0.29, 0.717) is 16.8 Å². The van der Waals surface area contributed by atoms with Crippen molar-refractivity contribution in [3.63, 3.8) is 0 Å². The quantitative estimate of drug-likeness (QED) is 0.768. The second kappa shape index (κ2) is 6.80. The van der Waals surface area contributed by atoms with Crippen molar-refractivity contribution in [2.75, 3.05) is 6.61 Å². The first-order chi connectivity index (χ1) is 11.9. The number of pyridine rings is 1. The summed E-state index contributed by atoms with van der Waals surface area (Å²) in [6, 6.07) is 9.40. The normalized spacial score (nSPS) is 11.5. The number of amides is 1. The first kappa shape index (κ1) is 16.7. The van der Waals surface area contributed by atoms with E-state index in [-0.39, 0.29) is 18.2 Å². The zero-order chi connectivity index (χ0) is 17.9. The topological polar surface area (TPSA) is 68.5 Å². The summed E-state index contributed by atoms with van der Waals surface area (Å²) in [4.78, 5) is 12.2. The molecular formula is C16H13F3N4O2. The predicted octanol–water partition coefficient (Wildman–Crippen LogP) is 2.60. The Morgan fingerprint density at radius 2 is 2.08 bits per heavy atom. The number of carbonyl (C=O) groups is 1. The molecule has 0 atom stereocenters. The Bertz CT molecular complexity index is 892. The minimum Gasteiger partial charge on any atom is -0.484 e. The fourth-order valence-corrected chi connectivity index (χ4v) is 2.16. The Morgan fingerprint density at radius 1 is 1.24 bits per heavy atom. The van der Waals surface area contributed by atoms with Gasteiger partial charge in [-0.1, -0.05) is 12.1 Å². The maximum Gasteiger partial charge on any atom is 0.422 e. The summed E-state index contributed by atoms with van der Waals surface area (Å²) < 4.78 is 42.8. The Morgan fingerprint density at radius 3 is 2.88 bits per heavy atom. The highest BCUT2D eigenvalue weighted by Crippen LogP contribution is 2.19. The van der Waals surface area contributed by atoms with Gasteiger partial charge in [-0.2, -0.15) is 13.2 Å². The van der Waals surface area contributed by atoms with Crippen LogP contribution < -0.4 is 10.1 Å². The number of aromatic nitrogens is 3. The summed E-state index contributed by atoms with van der Waals surface area (Å²) in [5.41, 5.74) is 1.65. The second-order valence-corrected chi connectivity index (χ2v) is 5.25. The van der Waals surface area contributed by atoms with Crippen molar-refractivity contribution in [3.8, 4) is 5.75 Å². The lowest BCUT2D eigenvalue weighted by Gasteiger charge is -2.11. The zero-order valence-corrected chi connectivity index (χ0v) is 12.8. The molecule has 6 nitrogen and oxygen atoms in total. The van der Waals surface area contributed by atoms with Crippen LogP contribution in [0.4, 0.5) is 13.2 Å². The number of hydrogen-bond acceptors (Lipinski definition) is 4. The summed E-state index contributed by atoms with van der Waals surface area (Å²) in [7, 11) is 0. The molecule has 0 bridgehead atoms. The molecule has 1 N–H and O–H groups in total. The van der Waals surface area contributed by atoms with Crippen LogP contribution in [-0.4, -0.2) is 33.3 Å². The van der Waals surface area contributed by atoms with Crippen LogP contribution in [0.25, 0.3) is 5.65 Å². The molecule has 3 aromatic rings. The molecule has 0 fully saturated rings. The van der Waals surface area contributed by atoms with Gasteiger partial charge in [0.15, 0.2) is 12.3 Å². The largest absolute Gasteiger partial charge is 0.484 e. The number of carbonyl (C=O) groups excluding carboxylic acids is 1.